The second-order valence-electron chi connectivity index (χ2n) is 4.54. The Kier molecular flexibility index (Phi) is 5.94. The summed E-state index contributed by atoms with van der Waals surface area (Å²) in [6.07, 6.45) is 1.29. The molecule has 1 saturated heterocycles. The highest BCUT2D eigenvalue weighted by Gasteiger charge is 2.08. The minimum atomic E-state index is 0.425. The van der Waals surface area contributed by atoms with Gasteiger partial charge in [-0.15, -0.1) is 0 Å². The monoisotopic (exact) mass is 296 g/mol. The molecule has 0 aliphatic carbocycles. The van der Waals surface area contributed by atoms with Crippen molar-refractivity contribution in [3.05, 3.63) is 29.8 Å². The third-order valence-electron chi connectivity index (χ3n) is 3.13. The van der Waals surface area contributed by atoms with E-state index in [1.807, 2.05) is 36.0 Å². The molecule has 0 atom stereocenters. The summed E-state index contributed by atoms with van der Waals surface area (Å²) in [6, 6.07) is 7.65. The van der Waals surface area contributed by atoms with Crippen molar-refractivity contribution in [3.63, 3.8) is 0 Å². The topological polar surface area (TPSA) is 38.5 Å². The lowest BCUT2D eigenvalue weighted by Gasteiger charge is -2.19. The molecule has 0 unspecified atom stereocenters. The highest BCUT2D eigenvalue weighted by Crippen LogP contribution is 2.13. The van der Waals surface area contributed by atoms with Gasteiger partial charge in [0.25, 0.3) is 0 Å². The summed E-state index contributed by atoms with van der Waals surface area (Å²) < 4.78 is 5.75. The Labute approximate surface area is 124 Å². The molecule has 0 radical (unpaired) electrons. The van der Waals surface area contributed by atoms with Gasteiger partial charge in [0.1, 0.15) is 17.3 Å². The van der Waals surface area contributed by atoms with E-state index in [9.17, 15) is 0 Å². The van der Waals surface area contributed by atoms with Crippen molar-refractivity contribution in [2.45, 2.75) is 6.42 Å². The maximum atomic E-state index is 5.75. The summed E-state index contributed by atoms with van der Waals surface area (Å²) in [5, 5.41) is 0. The van der Waals surface area contributed by atoms with Crippen molar-refractivity contribution in [1.29, 1.82) is 0 Å². The smallest absolute Gasteiger partial charge is 0.119 e. The van der Waals surface area contributed by atoms with Crippen molar-refractivity contribution in [2.24, 2.45) is 5.73 Å². The number of ether oxygens (including phenoxy) is 1. The van der Waals surface area contributed by atoms with Crippen LogP contribution < -0.4 is 10.5 Å². The number of nitrogens with zero attached hydrogens (tertiary/aromatic N) is 1. The summed E-state index contributed by atoms with van der Waals surface area (Å²) in [6.45, 7) is 4.10. The van der Waals surface area contributed by atoms with Crippen molar-refractivity contribution in [3.8, 4) is 5.75 Å². The Morgan fingerprint density at radius 3 is 2.79 bits per heavy atom. The summed E-state index contributed by atoms with van der Waals surface area (Å²) in [5.41, 5.74) is 6.44. The van der Waals surface area contributed by atoms with Crippen molar-refractivity contribution < 1.29 is 4.74 Å². The number of hydrogen-bond donors (Lipinski definition) is 1. The lowest BCUT2D eigenvalue weighted by atomic mass is 10.2. The van der Waals surface area contributed by atoms with E-state index in [0.717, 1.165) is 24.5 Å². The van der Waals surface area contributed by atoms with Crippen LogP contribution in [0.15, 0.2) is 24.3 Å². The van der Waals surface area contributed by atoms with Gasteiger partial charge in [-0.25, -0.2) is 0 Å². The maximum absolute atomic E-state index is 5.75. The van der Waals surface area contributed by atoms with Crippen LogP contribution in [0.4, 0.5) is 0 Å². The zero-order chi connectivity index (χ0) is 13.5. The van der Waals surface area contributed by atoms with Crippen LogP contribution >= 0.6 is 24.0 Å². The molecular weight excluding hydrogens is 276 g/mol. The molecule has 1 aliphatic rings. The van der Waals surface area contributed by atoms with E-state index in [4.69, 9.17) is 22.7 Å². The molecule has 3 nitrogen and oxygen atoms in total. The average Bonchev–Trinajstić information content (AvgIpc) is 2.68. The van der Waals surface area contributed by atoms with Gasteiger partial charge in [0.05, 0.1) is 0 Å². The molecule has 1 fully saturated rings. The molecule has 2 N–H and O–H groups in total. The van der Waals surface area contributed by atoms with Crippen molar-refractivity contribution in [2.75, 3.05) is 37.7 Å². The standard InChI is InChI=1S/C14H20N2OS2/c15-14(18)12-2-4-13(5-3-12)17-9-7-16-6-1-10-19-11-8-16/h2-5H,1,6-11H2,(H2,15,18). The Balaban J connectivity index is 1.74. The number of benzene rings is 1. The molecule has 5 heteroatoms. The van der Waals surface area contributed by atoms with Crippen LogP contribution in [-0.4, -0.2) is 47.6 Å². The molecule has 2 rings (SSSR count). The van der Waals surface area contributed by atoms with Crippen molar-refractivity contribution in [1.82, 2.24) is 4.90 Å². The second kappa shape index (κ2) is 7.72. The predicted molar refractivity (Wildman–Crippen MR) is 86.2 cm³/mol. The highest BCUT2D eigenvalue weighted by atomic mass is 32.2. The normalized spacial score (nSPS) is 16.8. The molecule has 104 valence electrons. The van der Waals surface area contributed by atoms with Gasteiger partial charge < -0.3 is 10.5 Å². The fourth-order valence-corrected chi connectivity index (χ4v) is 3.09. The summed E-state index contributed by atoms with van der Waals surface area (Å²) in [5.74, 6) is 3.41. The fourth-order valence-electron chi connectivity index (χ4n) is 2.03. The summed E-state index contributed by atoms with van der Waals surface area (Å²) in [7, 11) is 0. The number of rotatable bonds is 5. The molecule has 0 aromatic heterocycles. The summed E-state index contributed by atoms with van der Waals surface area (Å²) in [4.78, 5) is 2.90. The molecule has 0 spiro atoms. The van der Waals surface area contributed by atoms with Gasteiger partial charge in [0.2, 0.25) is 0 Å². The predicted octanol–water partition coefficient (Wildman–Crippen LogP) is 2.14. The number of thiocarbonyl (C=S) groups is 1. The summed E-state index contributed by atoms with van der Waals surface area (Å²) >= 11 is 6.97. The highest BCUT2D eigenvalue weighted by molar-refractivity contribution is 7.99. The van der Waals surface area contributed by atoms with Gasteiger partial charge in [0, 0.05) is 24.4 Å². The minimum Gasteiger partial charge on any atom is -0.492 e. The van der Waals surface area contributed by atoms with E-state index in [0.29, 0.717) is 4.99 Å². The van der Waals surface area contributed by atoms with E-state index in [1.165, 1.54) is 31.0 Å². The van der Waals surface area contributed by atoms with Crippen molar-refractivity contribution >= 4 is 29.0 Å². The van der Waals surface area contributed by atoms with Gasteiger partial charge in [-0.2, -0.15) is 11.8 Å². The quantitative estimate of drug-likeness (QED) is 0.843. The first-order chi connectivity index (χ1) is 9.25. The first-order valence-corrected chi connectivity index (χ1v) is 8.15. The Bertz CT molecular complexity index is 400. The number of thioether (sulfide) groups is 1. The third-order valence-corrected chi connectivity index (χ3v) is 4.41. The number of hydrogen-bond acceptors (Lipinski definition) is 4. The van der Waals surface area contributed by atoms with E-state index >= 15 is 0 Å². The van der Waals surface area contributed by atoms with E-state index in [-0.39, 0.29) is 0 Å². The van der Waals surface area contributed by atoms with Crippen LogP contribution in [0.25, 0.3) is 0 Å². The third kappa shape index (κ3) is 5.01. The lowest BCUT2D eigenvalue weighted by Crippen LogP contribution is -2.30. The molecular formula is C14H20N2OS2. The molecule has 1 heterocycles. The largest absolute Gasteiger partial charge is 0.492 e. The molecule has 0 saturated carbocycles. The molecule has 0 amide bonds. The fraction of sp³-hybridized carbons (Fsp3) is 0.500. The van der Waals surface area contributed by atoms with Gasteiger partial charge >= 0.3 is 0 Å². The van der Waals surface area contributed by atoms with Gasteiger partial charge in [-0.1, -0.05) is 12.2 Å². The maximum Gasteiger partial charge on any atom is 0.119 e. The number of nitrogens with two attached hydrogens (primary N) is 1. The van der Waals surface area contributed by atoms with Gasteiger partial charge in [-0.05, 0) is 43.0 Å². The minimum absolute atomic E-state index is 0.425. The zero-order valence-corrected chi connectivity index (χ0v) is 12.6. The molecule has 1 aliphatic heterocycles. The first kappa shape index (κ1) is 14.6. The zero-order valence-electron chi connectivity index (χ0n) is 11.0. The van der Waals surface area contributed by atoms with Crippen LogP contribution in [-0.2, 0) is 0 Å². The Morgan fingerprint density at radius 1 is 1.26 bits per heavy atom. The van der Waals surface area contributed by atoms with Crippen LogP contribution in [0.3, 0.4) is 0 Å². The van der Waals surface area contributed by atoms with E-state index in [2.05, 4.69) is 4.90 Å². The van der Waals surface area contributed by atoms with Crippen LogP contribution in [0, 0.1) is 0 Å². The van der Waals surface area contributed by atoms with Crippen LogP contribution in [0.2, 0.25) is 0 Å². The molecule has 0 bridgehead atoms. The molecule has 1 aromatic rings. The lowest BCUT2D eigenvalue weighted by molar-refractivity contribution is 0.219. The van der Waals surface area contributed by atoms with E-state index in [1.54, 1.807) is 0 Å². The van der Waals surface area contributed by atoms with E-state index < -0.39 is 0 Å². The van der Waals surface area contributed by atoms with Gasteiger partial charge in [0.15, 0.2) is 0 Å². The SMILES string of the molecule is NC(=S)c1ccc(OCCN2CCCSCC2)cc1. The Morgan fingerprint density at radius 2 is 2.05 bits per heavy atom. The second-order valence-corrected chi connectivity index (χ2v) is 6.21. The Hall–Kier alpha value is -0.780. The average molecular weight is 296 g/mol. The van der Waals surface area contributed by atoms with Crippen LogP contribution in [0.5, 0.6) is 5.75 Å². The molecule has 19 heavy (non-hydrogen) atoms. The molecule has 1 aromatic carbocycles. The van der Waals surface area contributed by atoms with Crippen LogP contribution in [0.1, 0.15) is 12.0 Å². The van der Waals surface area contributed by atoms with Gasteiger partial charge in [-0.3, -0.25) is 4.90 Å². The first-order valence-electron chi connectivity index (χ1n) is 6.58.